The van der Waals surface area contributed by atoms with Gasteiger partial charge < -0.3 is 14.8 Å². The van der Waals surface area contributed by atoms with Crippen LogP contribution in [-0.2, 0) is 19.1 Å². The molecule has 0 fully saturated rings. The third-order valence-electron chi connectivity index (χ3n) is 2.23. The maximum atomic E-state index is 11.8. The van der Waals surface area contributed by atoms with Gasteiger partial charge in [-0.2, -0.15) is 0 Å². The number of ether oxygens (including phenoxy) is 2. The number of hydrogen-bond donors (Lipinski definition) is 2. The van der Waals surface area contributed by atoms with Gasteiger partial charge in [0.05, 0.1) is 18.2 Å². The van der Waals surface area contributed by atoms with Gasteiger partial charge in [-0.3, -0.25) is 0 Å². The van der Waals surface area contributed by atoms with Crippen molar-refractivity contribution in [1.29, 1.82) is 0 Å². The average molecular weight is 295 g/mol. The van der Waals surface area contributed by atoms with Crippen LogP contribution in [0.1, 0.15) is 13.8 Å². The van der Waals surface area contributed by atoms with Crippen LogP contribution in [0.3, 0.4) is 0 Å². The molecule has 1 rings (SSSR count). The summed E-state index contributed by atoms with van der Waals surface area (Å²) in [5.74, 6) is -1.53. The summed E-state index contributed by atoms with van der Waals surface area (Å²) in [4.78, 5) is 23.6. The van der Waals surface area contributed by atoms with E-state index < -0.39 is 11.9 Å². The second-order valence-electron chi connectivity index (χ2n) is 3.66. The van der Waals surface area contributed by atoms with Gasteiger partial charge in [-0.1, -0.05) is 18.2 Å². The third kappa shape index (κ3) is 4.62. The molecule has 0 heterocycles. The molecule has 0 saturated heterocycles. The second-order valence-corrected chi connectivity index (χ2v) is 4.10. The van der Waals surface area contributed by atoms with Crippen LogP contribution in [0.2, 0.25) is 0 Å². The van der Waals surface area contributed by atoms with Crippen molar-refractivity contribution in [3.8, 4) is 0 Å². The first-order valence-corrected chi connectivity index (χ1v) is 6.64. The Bertz CT molecular complexity index is 479. The van der Waals surface area contributed by atoms with Crippen molar-refractivity contribution in [1.82, 2.24) is 0 Å². The minimum absolute atomic E-state index is 0.0908. The van der Waals surface area contributed by atoms with Crippen LogP contribution < -0.4 is 5.32 Å². The highest BCUT2D eigenvalue weighted by Gasteiger charge is 2.25. The summed E-state index contributed by atoms with van der Waals surface area (Å²) < 4.78 is 9.69. The lowest BCUT2D eigenvalue weighted by Crippen LogP contribution is -2.21. The van der Waals surface area contributed by atoms with Gasteiger partial charge in [-0.25, -0.2) is 9.59 Å². The summed E-state index contributed by atoms with van der Waals surface area (Å²) in [7, 11) is 0. The Morgan fingerprint density at radius 3 is 2.00 bits per heavy atom. The molecule has 5 nitrogen and oxygen atoms in total. The fourth-order valence-corrected chi connectivity index (χ4v) is 1.72. The van der Waals surface area contributed by atoms with Crippen LogP contribution in [-0.4, -0.2) is 25.2 Å². The minimum atomic E-state index is -0.764. The maximum absolute atomic E-state index is 11.8. The number of esters is 2. The standard InChI is InChI=1S/C14H17NO4S/c1-3-18-13(16)11(14(17)19-4-2)12(20)15-10-8-6-5-7-9-10/h5-9,15,20H,3-4H2,1-2H3. The molecular weight excluding hydrogens is 278 g/mol. The molecular formula is C14H17NO4S. The second kappa shape index (κ2) is 8.27. The van der Waals surface area contributed by atoms with Gasteiger partial charge >= 0.3 is 11.9 Å². The number of carbonyl (C=O) groups excluding carboxylic acids is 2. The van der Waals surface area contributed by atoms with E-state index in [1.165, 1.54) is 0 Å². The molecule has 0 amide bonds. The van der Waals surface area contributed by atoms with Crippen LogP contribution >= 0.6 is 12.6 Å². The number of carbonyl (C=O) groups is 2. The maximum Gasteiger partial charge on any atom is 0.348 e. The molecule has 0 saturated carbocycles. The summed E-state index contributed by atoms with van der Waals surface area (Å²) in [6.07, 6.45) is 0. The molecule has 0 spiro atoms. The monoisotopic (exact) mass is 295 g/mol. The Morgan fingerprint density at radius 1 is 1.05 bits per heavy atom. The predicted octanol–water partition coefficient (Wildman–Crippen LogP) is 2.37. The van der Waals surface area contributed by atoms with Crippen molar-refractivity contribution in [2.24, 2.45) is 0 Å². The lowest BCUT2D eigenvalue weighted by atomic mass is 10.2. The Kier molecular flexibility index (Phi) is 6.66. The Morgan fingerprint density at radius 2 is 1.55 bits per heavy atom. The number of thiol groups is 1. The van der Waals surface area contributed by atoms with Crippen molar-refractivity contribution < 1.29 is 19.1 Å². The molecule has 1 aromatic carbocycles. The van der Waals surface area contributed by atoms with Crippen molar-refractivity contribution in [3.63, 3.8) is 0 Å². The smallest absolute Gasteiger partial charge is 0.348 e. The summed E-state index contributed by atoms with van der Waals surface area (Å²) >= 11 is 4.17. The zero-order valence-electron chi connectivity index (χ0n) is 11.4. The fraction of sp³-hybridized carbons (Fsp3) is 0.286. The molecule has 0 aliphatic heterocycles. The van der Waals surface area contributed by atoms with E-state index in [2.05, 4.69) is 17.9 Å². The van der Waals surface area contributed by atoms with Gasteiger partial charge in [0.2, 0.25) is 0 Å². The normalized spacial score (nSPS) is 9.55. The molecule has 6 heteroatoms. The summed E-state index contributed by atoms with van der Waals surface area (Å²) in [5.41, 5.74) is 0.449. The number of nitrogens with one attached hydrogen (secondary N) is 1. The molecule has 20 heavy (non-hydrogen) atoms. The van der Waals surface area contributed by atoms with E-state index in [9.17, 15) is 9.59 Å². The molecule has 108 valence electrons. The Labute approximate surface area is 123 Å². The van der Waals surface area contributed by atoms with E-state index in [0.29, 0.717) is 5.69 Å². The molecule has 0 aromatic heterocycles. The first-order chi connectivity index (χ1) is 9.60. The SMILES string of the molecule is CCOC(=O)C(C(=O)OCC)=C(S)Nc1ccccc1. The lowest BCUT2D eigenvalue weighted by Gasteiger charge is -2.11. The van der Waals surface area contributed by atoms with Gasteiger partial charge in [-0.15, -0.1) is 12.6 Å². The molecule has 1 N–H and O–H groups in total. The first kappa shape index (κ1) is 16.1. The molecule has 0 aliphatic carbocycles. The Hall–Kier alpha value is -1.95. The zero-order chi connectivity index (χ0) is 15.0. The number of anilines is 1. The van der Waals surface area contributed by atoms with Crippen molar-refractivity contribution >= 4 is 30.3 Å². The molecule has 0 aliphatic rings. The third-order valence-corrected chi connectivity index (χ3v) is 2.57. The number of hydrogen-bond acceptors (Lipinski definition) is 6. The van der Waals surface area contributed by atoms with Gasteiger partial charge in [0, 0.05) is 5.69 Å². The molecule has 0 radical (unpaired) electrons. The molecule has 1 aromatic rings. The topological polar surface area (TPSA) is 64.6 Å². The molecule has 0 atom stereocenters. The minimum Gasteiger partial charge on any atom is -0.462 e. The Balaban J connectivity index is 3.02. The van der Waals surface area contributed by atoms with E-state index in [-0.39, 0.29) is 23.8 Å². The quantitative estimate of drug-likeness (QED) is 0.277. The van der Waals surface area contributed by atoms with Crippen LogP contribution in [0, 0.1) is 0 Å². The van der Waals surface area contributed by atoms with Crippen molar-refractivity contribution in [2.75, 3.05) is 18.5 Å². The van der Waals surface area contributed by atoms with Gasteiger partial charge in [0.15, 0.2) is 5.57 Å². The number of benzene rings is 1. The summed E-state index contributed by atoms with van der Waals surface area (Å²) in [6, 6.07) is 9.05. The van der Waals surface area contributed by atoms with E-state index >= 15 is 0 Å². The van der Waals surface area contributed by atoms with E-state index in [4.69, 9.17) is 9.47 Å². The summed E-state index contributed by atoms with van der Waals surface area (Å²) in [5, 5.41) is 2.95. The van der Waals surface area contributed by atoms with E-state index in [0.717, 1.165) is 0 Å². The van der Waals surface area contributed by atoms with Crippen LogP contribution in [0.15, 0.2) is 40.9 Å². The van der Waals surface area contributed by atoms with Crippen LogP contribution in [0.25, 0.3) is 0 Å². The van der Waals surface area contributed by atoms with Crippen LogP contribution in [0.5, 0.6) is 0 Å². The van der Waals surface area contributed by atoms with E-state index in [1.54, 1.807) is 26.0 Å². The highest BCUT2D eigenvalue weighted by Crippen LogP contribution is 2.17. The molecule has 0 bridgehead atoms. The molecule has 0 unspecified atom stereocenters. The van der Waals surface area contributed by atoms with Crippen molar-refractivity contribution in [3.05, 3.63) is 40.9 Å². The van der Waals surface area contributed by atoms with E-state index in [1.807, 2.05) is 18.2 Å². The van der Waals surface area contributed by atoms with Crippen molar-refractivity contribution in [2.45, 2.75) is 13.8 Å². The number of para-hydroxylation sites is 1. The lowest BCUT2D eigenvalue weighted by molar-refractivity contribution is -0.146. The predicted molar refractivity (Wildman–Crippen MR) is 79.3 cm³/mol. The highest BCUT2D eigenvalue weighted by atomic mass is 32.1. The summed E-state index contributed by atoms with van der Waals surface area (Å²) in [6.45, 7) is 3.63. The van der Waals surface area contributed by atoms with Gasteiger partial charge in [0.1, 0.15) is 0 Å². The largest absolute Gasteiger partial charge is 0.462 e. The van der Waals surface area contributed by atoms with Crippen LogP contribution in [0.4, 0.5) is 5.69 Å². The first-order valence-electron chi connectivity index (χ1n) is 6.19. The average Bonchev–Trinajstić information content (AvgIpc) is 2.40. The highest BCUT2D eigenvalue weighted by molar-refractivity contribution is 7.84. The van der Waals surface area contributed by atoms with Gasteiger partial charge in [-0.05, 0) is 26.0 Å². The zero-order valence-corrected chi connectivity index (χ0v) is 12.3. The number of rotatable bonds is 6. The fourth-order valence-electron chi connectivity index (χ4n) is 1.40. The van der Waals surface area contributed by atoms with Gasteiger partial charge in [0.25, 0.3) is 0 Å².